The van der Waals surface area contributed by atoms with Crippen molar-refractivity contribution >= 4 is 11.8 Å². The molecule has 126 valence electrons. The molecule has 0 unspecified atom stereocenters. The molecule has 2 aromatic rings. The summed E-state index contributed by atoms with van der Waals surface area (Å²) in [5.41, 5.74) is 1.98. The largest absolute Gasteiger partial charge is 0.345 e. The van der Waals surface area contributed by atoms with Crippen LogP contribution < -0.4 is 0 Å². The molecular weight excluding hydrogens is 306 g/mol. The molecule has 0 saturated carbocycles. The highest BCUT2D eigenvalue weighted by atomic mass is 16.2. The van der Waals surface area contributed by atoms with E-state index in [2.05, 4.69) is 15.0 Å². The number of aryl methyl sites for hydroxylation is 1. The van der Waals surface area contributed by atoms with Gasteiger partial charge in [-0.2, -0.15) is 0 Å². The molecular formula is C17H21N5O2. The Morgan fingerprint density at radius 1 is 1.42 bits per heavy atom. The topological polar surface area (TPSA) is 82.2 Å². The summed E-state index contributed by atoms with van der Waals surface area (Å²) in [4.78, 5) is 39.5. The Labute approximate surface area is 140 Å². The summed E-state index contributed by atoms with van der Waals surface area (Å²) >= 11 is 0. The van der Waals surface area contributed by atoms with Gasteiger partial charge in [-0.25, -0.2) is 4.98 Å². The van der Waals surface area contributed by atoms with Gasteiger partial charge >= 0.3 is 0 Å². The number of imidazole rings is 1. The van der Waals surface area contributed by atoms with Gasteiger partial charge in [0.05, 0.1) is 12.5 Å². The molecule has 0 aliphatic carbocycles. The fourth-order valence-corrected chi connectivity index (χ4v) is 2.96. The molecule has 1 saturated heterocycles. The van der Waals surface area contributed by atoms with Crippen molar-refractivity contribution in [2.24, 2.45) is 5.92 Å². The molecule has 1 aliphatic rings. The molecule has 7 nitrogen and oxygen atoms in total. The Morgan fingerprint density at radius 2 is 2.17 bits per heavy atom. The van der Waals surface area contributed by atoms with Crippen molar-refractivity contribution < 1.29 is 9.59 Å². The van der Waals surface area contributed by atoms with Gasteiger partial charge in [0, 0.05) is 50.8 Å². The van der Waals surface area contributed by atoms with Gasteiger partial charge in [0.1, 0.15) is 5.82 Å². The van der Waals surface area contributed by atoms with Crippen molar-refractivity contribution in [1.29, 1.82) is 0 Å². The zero-order valence-corrected chi connectivity index (χ0v) is 13.9. The molecule has 2 aromatic heterocycles. The Hall–Kier alpha value is -2.70. The van der Waals surface area contributed by atoms with E-state index in [4.69, 9.17) is 0 Å². The SMILES string of the molecule is Cc1cnc(CN(C)C(=O)[C@@H]2CC(=O)N(Cc3ccncc3)C2)[nH]1. The molecule has 0 radical (unpaired) electrons. The first-order chi connectivity index (χ1) is 11.5. The predicted octanol–water partition coefficient (Wildman–Crippen LogP) is 1.12. The molecule has 3 rings (SSSR count). The van der Waals surface area contributed by atoms with Crippen molar-refractivity contribution in [1.82, 2.24) is 24.8 Å². The number of nitrogens with zero attached hydrogens (tertiary/aromatic N) is 4. The first-order valence-corrected chi connectivity index (χ1v) is 7.95. The van der Waals surface area contributed by atoms with Crippen LogP contribution in [-0.4, -0.2) is 50.2 Å². The second-order valence-electron chi connectivity index (χ2n) is 6.24. The Bertz CT molecular complexity index is 728. The summed E-state index contributed by atoms with van der Waals surface area (Å²) in [5.74, 6) is 0.462. The molecule has 7 heteroatoms. The van der Waals surface area contributed by atoms with Crippen molar-refractivity contribution in [2.45, 2.75) is 26.4 Å². The van der Waals surface area contributed by atoms with Crippen molar-refractivity contribution in [2.75, 3.05) is 13.6 Å². The highest BCUT2D eigenvalue weighted by molar-refractivity contribution is 5.89. The third-order valence-corrected chi connectivity index (χ3v) is 4.21. The lowest BCUT2D eigenvalue weighted by molar-refractivity contribution is -0.135. The van der Waals surface area contributed by atoms with Crippen LogP contribution in [0.4, 0.5) is 0 Å². The quantitative estimate of drug-likeness (QED) is 0.892. The van der Waals surface area contributed by atoms with E-state index in [0.29, 0.717) is 19.6 Å². The van der Waals surface area contributed by atoms with Crippen LogP contribution in [0.15, 0.2) is 30.7 Å². The molecule has 1 N–H and O–H groups in total. The molecule has 0 bridgehead atoms. The van der Waals surface area contributed by atoms with Crippen LogP contribution in [0.2, 0.25) is 0 Å². The zero-order chi connectivity index (χ0) is 17.1. The van der Waals surface area contributed by atoms with E-state index < -0.39 is 0 Å². The molecule has 0 aromatic carbocycles. The number of pyridine rings is 1. The van der Waals surface area contributed by atoms with Crippen LogP contribution in [0.1, 0.15) is 23.5 Å². The number of H-pyrrole nitrogens is 1. The van der Waals surface area contributed by atoms with Crippen molar-refractivity contribution in [3.05, 3.63) is 47.8 Å². The van der Waals surface area contributed by atoms with E-state index in [9.17, 15) is 9.59 Å². The van der Waals surface area contributed by atoms with E-state index in [0.717, 1.165) is 17.1 Å². The zero-order valence-electron chi connectivity index (χ0n) is 13.9. The Kier molecular flexibility index (Phi) is 4.59. The van der Waals surface area contributed by atoms with Crippen molar-refractivity contribution in [3.8, 4) is 0 Å². The average Bonchev–Trinajstić information content (AvgIpc) is 3.14. The number of hydrogen-bond acceptors (Lipinski definition) is 4. The standard InChI is InChI=1S/C17H21N5O2/c1-12-8-19-15(20-12)11-21(2)17(24)14-7-16(23)22(10-14)9-13-3-5-18-6-4-13/h3-6,8,14H,7,9-11H2,1-2H3,(H,19,20)/t14-/m1/s1. The molecule has 24 heavy (non-hydrogen) atoms. The van der Waals surface area contributed by atoms with Gasteiger partial charge in [-0.15, -0.1) is 0 Å². The third-order valence-electron chi connectivity index (χ3n) is 4.21. The maximum Gasteiger partial charge on any atom is 0.228 e. The maximum absolute atomic E-state index is 12.6. The van der Waals surface area contributed by atoms with Crippen molar-refractivity contribution in [3.63, 3.8) is 0 Å². The van der Waals surface area contributed by atoms with Gasteiger partial charge in [0.15, 0.2) is 0 Å². The third kappa shape index (κ3) is 3.61. The Morgan fingerprint density at radius 3 is 2.83 bits per heavy atom. The predicted molar refractivity (Wildman–Crippen MR) is 87.6 cm³/mol. The van der Waals surface area contributed by atoms with Gasteiger partial charge in [-0.3, -0.25) is 14.6 Å². The minimum Gasteiger partial charge on any atom is -0.345 e. The molecule has 0 spiro atoms. The number of aromatic amines is 1. The minimum absolute atomic E-state index is 0.0189. The lowest BCUT2D eigenvalue weighted by atomic mass is 10.1. The fraction of sp³-hybridized carbons (Fsp3) is 0.412. The van der Waals surface area contributed by atoms with Gasteiger partial charge in [-0.05, 0) is 24.6 Å². The van der Waals surface area contributed by atoms with Crippen LogP contribution >= 0.6 is 0 Å². The van der Waals surface area contributed by atoms with Crippen LogP contribution in [0.5, 0.6) is 0 Å². The first-order valence-electron chi connectivity index (χ1n) is 7.95. The van der Waals surface area contributed by atoms with Crippen LogP contribution in [0, 0.1) is 12.8 Å². The number of carbonyl (C=O) groups is 2. The number of amides is 2. The Balaban J connectivity index is 1.59. The molecule has 1 aliphatic heterocycles. The number of rotatable bonds is 5. The number of aromatic nitrogens is 3. The van der Waals surface area contributed by atoms with E-state index in [1.807, 2.05) is 19.1 Å². The average molecular weight is 327 g/mol. The van der Waals surface area contributed by atoms with Gasteiger partial charge in [0.2, 0.25) is 11.8 Å². The van der Waals surface area contributed by atoms with Crippen LogP contribution in [0.25, 0.3) is 0 Å². The van der Waals surface area contributed by atoms with E-state index in [-0.39, 0.29) is 24.2 Å². The summed E-state index contributed by atoms with van der Waals surface area (Å²) in [7, 11) is 1.75. The summed E-state index contributed by atoms with van der Waals surface area (Å²) in [6, 6.07) is 3.77. The highest BCUT2D eigenvalue weighted by Crippen LogP contribution is 2.22. The maximum atomic E-state index is 12.6. The summed E-state index contributed by atoms with van der Waals surface area (Å²) < 4.78 is 0. The van der Waals surface area contributed by atoms with E-state index >= 15 is 0 Å². The van der Waals surface area contributed by atoms with E-state index in [1.165, 1.54) is 0 Å². The summed E-state index contributed by atoms with van der Waals surface area (Å²) in [6.45, 7) is 3.32. The first kappa shape index (κ1) is 16.2. The van der Waals surface area contributed by atoms with Crippen LogP contribution in [-0.2, 0) is 22.7 Å². The monoisotopic (exact) mass is 327 g/mol. The van der Waals surface area contributed by atoms with Crippen LogP contribution in [0.3, 0.4) is 0 Å². The number of carbonyl (C=O) groups excluding carboxylic acids is 2. The molecule has 1 atom stereocenters. The molecule has 2 amide bonds. The summed E-state index contributed by atoms with van der Waals surface area (Å²) in [5, 5.41) is 0. The molecule has 1 fully saturated rings. The van der Waals surface area contributed by atoms with Gasteiger partial charge in [-0.1, -0.05) is 0 Å². The summed E-state index contributed by atoms with van der Waals surface area (Å²) in [6.07, 6.45) is 5.42. The number of hydrogen-bond donors (Lipinski definition) is 1. The second-order valence-corrected chi connectivity index (χ2v) is 6.24. The van der Waals surface area contributed by atoms with E-state index in [1.54, 1.807) is 35.4 Å². The van der Waals surface area contributed by atoms with Gasteiger partial charge in [0.25, 0.3) is 0 Å². The number of likely N-dealkylation sites (tertiary alicyclic amines) is 1. The van der Waals surface area contributed by atoms with Gasteiger partial charge < -0.3 is 14.8 Å². The normalized spacial score (nSPS) is 17.3. The lowest BCUT2D eigenvalue weighted by Gasteiger charge is -2.20. The number of nitrogens with one attached hydrogen (secondary N) is 1. The minimum atomic E-state index is -0.291. The lowest BCUT2D eigenvalue weighted by Crippen LogP contribution is -2.34. The highest BCUT2D eigenvalue weighted by Gasteiger charge is 2.35. The fourth-order valence-electron chi connectivity index (χ4n) is 2.96. The second kappa shape index (κ2) is 6.82. The molecule has 3 heterocycles. The smallest absolute Gasteiger partial charge is 0.228 e.